The number of imidazole rings is 1. The van der Waals surface area contributed by atoms with Crippen LogP contribution in [0.5, 0.6) is 0 Å². The molecule has 7 aromatic carbocycles. The third kappa shape index (κ3) is 3.85. The first-order valence-electron chi connectivity index (χ1n) is 14.9. The molecule has 0 bridgehead atoms. The van der Waals surface area contributed by atoms with Gasteiger partial charge in [0.15, 0.2) is 0 Å². The van der Waals surface area contributed by atoms with Gasteiger partial charge < -0.3 is 9.47 Å². The zero-order chi connectivity index (χ0) is 28.0. The highest BCUT2D eigenvalue weighted by molar-refractivity contribution is 6.32. The number of anilines is 3. The average molecular weight is 542 g/mol. The molecule has 3 nitrogen and oxygen atoms in total. The monoisotopic (exact) mass is 541 g/mol. The maximum Gasteiger partial charge on any atom is 0.141 e. The molecule has 42 heavy (non-hydrogen) atoms. The molecule has 0 unspecified atom stereocenters. The Morgan fingerprint density at radius 2 is 1.14 bits per heavy atom. The van der Waals surface area contributed by atoms with Crippen LogP contribution in [0, 0.1) is 0 Å². The summed E-state index contributed by atoms with van der Waals surface area (Å²) >= 11 is 0. The Morgan fingerprint density at radius 3 is 1.76 bits per heavy atom. The molecule has 0 fully saturated rings. The molecule has 0 amide bonds. The standard InChI is InChI=1S/C39H31N3/c1-2-3-26-41-38-34-19-11-13-28-21-20-27-12-10-18-33(35(27)36(28)34)37(38)40-39(41)29-22-24-32(25-23-29)42(30-14-6-4-7-15-30)31-16-8-5-9-17-31/h4-25H,2-3,26H2,1H3. The van der Waals surface area contributed by atoms with Crippen LogP contribution in [-0.2, 0) is 6.54 Å². The molecule has 1 heterocycles. The summed E-state index contributed by atoms with van der Waals surface area (Å²) in [6.07, 6.45) is 2.23. The SMILES string of the molecule is CCCCn1c(-c2ccc(N(c3ccccc3)c3ccccc3)cc2)nc2c3cccc4ccc5cccc(c5c43)c21. The van der Waals surface area contributed by atoms with Crippen LogP contribution in [0.15, 0.2) is 133 Å². The minimum Gasteiger partial charge on any atom is -0.323 e. The van der Waals surface area contributed by atoms with Gasteiger partial charge in [0.2, 0.25) is 0 Å². The van der Waals surface area contributed by atoms with Crippen molar-refractivity contribution >= 4 is 60.4 Å². The van der Waals surface area contributed by atoms with Crippen molar-refractivity contribution in [2.24, 2.45) is 0 Å². The molecule has 0 aliphatic rings. The fraction of sp³-hybridized carbons (Fsp3) is 0.103. The maximum atomic E-state index is 5.43. The fourth-order valence-electron chi connectivity index (χ4n) is 6.58. The third-order valence-corrected chi connectivity index (χ3v) is 8.51. The molecular formula is C39H31N3. The van der Waals surface area contributed by atoms with Crippen LogP contribution >= 0.6 is 0 Å². The van der Waals surface area contributed by atoms with Crippen molar-refractivity contribution in [1.82, 2.24) is 9.55 Å². The summed E-state index contributed by atoms with van der Waals surface area (Å²) in [6.45, 7) is 3.20. The molecule has 0 spiro atoms. The molecule has 0 N–H and O–H groups in total. The molecule has 8 rings (SSSR count). The highest BCUT2D eigenvalue weighted by Gasteiger charge is 2.21. The lowest BCUT2D eigenvalue weighted by Gasteiger charge is -2.25. The van der Waals surface area contributed by atoms with Crippen LogP contribution in [0.25, 0.3) is 54.7 Å². The number of rotatable bonds is 7. The van der Waals surface area contributed by atoms with E-state index in [0.29, 0.717) is 0 Å². The minimum absolute atomic E-state index is 0.935. The lowest BCUT2D eigenvalue weighted by atomic mass is 9.93. The van der Waals surface area contributed by atoms with E-state index >= 15 is 0 Å². The summed E-state index contributed by atoms with van der Waals surface area (Å²) in [5.74, 6) is 1.03. The highest BCUT2D eigenvalue weighted by atomic mass is 15.1. The number of aryl methyl sites for hydroxylation is 1. The second kappa shape index (κ2) is 10.0. The first kappa shape index (κ1) is 24.6. The number of benzene rings is 7. The Balaban J connectivity index is 1.34. The summed E-state index contributed by atoms with van der Waals surface area (Å²) in [5, 5.41) is 7.75. The summed E-state index contributed by atoms with van der Waals surface area (Å²) in [4.78, 5) is 7.73. The van der Waals surface area contributed by atoms with Crippen LogP contribution < -0.4 is 4.90 Å². The molecule has 0 radical (unpaired) electrons. The number of nitrogens with zero attached hydrogens (tertiary/aromatic N) is 3. The third-order valence-electron chi connectivity index (χ3n) is 8.51. The van der Waals surface area contributed by atoms with Gasteiger partial charge in [-0.2, -0.15) is 0 Å². The average Bonchev–Trinajstić information content (AvgIpc) is 3.44. The first-order valence-corrected chi connectivity index (χ1v) is 14.9. The molecule has 0 saturated heterocycles. The van der Waals surface area contributed by atoms with Gasteiger partial charge in [-0.15, -0.1) is 0 Å². The van der Waals surface area contributed by atoms with Gasteiger partial charge in [0.05, 0.1) is 11.0 Å². The Hall–Kier alpha value is -5.15. The van der Waals surface area contributed by atoms with Gasteiger partial charge in [0, 0.05) is 39.9 Å². The van der Waals surface area contributed by atoms with Gasteiger partial charge in [-0.05, 0) is 76.5 Å². The van der Waals surface area contributed by atoms with Crippen LogP contribution in [-0.4, -0.2) is 9.55 Å². The molecular weight excluding hydrogens is 510 g/mol. The van der Waals surface area contributed by atoms with Crippen molar-refractivity contribution in [2.75, 3.05) is 4.90 Å². The molecule has 0 aliphatic heterocycles. The molecule has 3 heteroatoms. The van der Waals surface area contributed by atoms with Crippen molar-refractivity contribution < 1.29 is 0 Å². The van der Waals surface area contributed by atoms with E-state index in [9.17, 15) is 0 Å². The van der Waals surface area contributed by atoms with Gasteiger partial charge in [0.1, 0.15) is 5.82 Å². The number of hydrogen-bond acceptors (Lipinski definition) is 2. The van der Waals surface area contributed by atoms with E-state index in [2.05, 4.69) is 150 Å². The second-order valence-electron chi connectivity index (χ2n) is 11.1. The van der Waals surface area contributed by atoms with Crippen molar-refractivity contribution in [2.45, 2.75) is 26.3 Å². The number of fused-ring (bicyclic) bond motifs is 3. The molecule has 8 aromatic rings. The predicted octanol–water partition coefficient (Wildman–Crippen LogP) is 10.9. The van der Waals surface area contributed by atoms with E-state index < -0.39 is 0 Å². The Labute approximate surface area is 245 Å². The zero-order valence-corrected chi connectivity index (χ0v) is 23.7. The van der Waals surface area contributed by atoms with E-state index in [4.69, 9.17) is 4.98 Å². The van der Waals surface area contributed by atoms with Crippen LogP contribution in [0.1, 0.15) is 19.8 Å². The Bertz CT molecular complexity index is 2120. The lowest BCUT2D eigenvalue weighted by molar-refractivity contribution is 0.652. The van der Waals surface area contributed by atoms with E-state index in [-0.39, 0.29) is 0 Å². The Kier molecular flexibility index (Phi) is 5.89. The fourth-order valence-corrected chi connectivity index (χ4v) is 6.58. The summed E-state index contributed by atoms with van der Waals surface area (Å²) in [5.41, 5.74) is 6.86. The Morgan fingerprint density at radius 1 is 0.571 bits per heavy atom. The summed E-state index contributed by atoms with van der Waals surface area (Å²) in [7, 11) is 0. The number of unbranched alkanes of at least 4 members (excludes halogenated alkanes) is 1. The number of hydrogen-bond donors (Lipinski definition) is 0. The van der Waals surface area contributed by atoms with Crippen LogP contribution in [0.3, 0.4) is 0 Å². The van der Waals surface area contributed by atoms with Crippen LogP contribution in [0.2, 0.25) is 0 Å². The zero-order valence-electron chi connectivity index (χ0n) is 23.7. The van der Waals surface area contributed by atoms with Crippen molar-refractivity contribution in [1.29, 1.82) is 0 Å². The van der Waals surface area contributed by atoms with Gasteiger partial charge in [-0.25, -0.2) is 4.98 Å². The molecule has 0 saturated carbocycles. The highest BCUT2D eigenvalue weighted by Crippen LogP contribution is 2.42. The second-order valence-corrected chi connectivity index (χ2v) is 11.1. The van der Waals surface area contributed by atoms with Crippen molar-refractivity contribution in [3.8, 4) is 11.4 Å². The van der Waals surface area contributed by atoms with Crippen molar-refractivity contribution in [3.63, 3.8) is 0 Å². The van der Waals surface area contributed by atoms with Gasteiger partial charge in [0.25, 0.3) is 0 Å². The topological polar surface area (TPSA) is 21.1 Å². The molecule has 1 aromatic heterocycles. The molecule has 202 valence electrons. The number of para-hydroxylation sites is 2. The maximum absolute atomic E-state index is 5.43. The first-order chi connectivity index (χ1) is 20.8. The van der Waals surface area contributed by atoms with Gasteiger partial charge in [-0.3, -0.25) is 0 Å². The van der Waals surface area contributed by atoms with E-state index in [0.717, 1.165) is 53.4 Å². The van der Waals surface area contributed by atoms with Gasteiger partial charge >= 0.3 is 0 Å². The van der Waals surface area contributed by atoms with E-state index in [1.54, 1.807) is 0 Å². The quantitative estimate of drug-likeness (QED) is 0.187. The van der Waals surface area contributed by atoms with Crippen molar-refractivity contribution in [3.05, 3.63) is 133 Å². The normalized spacial score (nSPS) is 11.7. The van der Waals surface area contributed by atoms with E-state index in [1.807, 2.05) is 0 Å². The lowest BCUT2D eigenvalue weighted by Crippen LogP contribution is -2.09. The molecule has 0 atom stereocenters. The summed E-state index contributed by atoms with van der Waals surface area (Å²) in [6, 6.07) is 47.9. The molecule has 0 aliphatic carbocycles. The number of aromatic nitrogens is 2. The minimum atomic E-state index is 0.935. The van der Waals surface area contributed by atoms with Crippen LogP contribution in [0.4, 0.5) is 17.1 Å². The smallest absolute Gasteiger partial charge is 0.141 e. The largest absolute Gasteiger partial charge is 0.323 e. The predicted molar refractivity (Wildman–Crippen MR) is 178 cm³/mol. The van der Waals surface area contributed by atoms with E-state index in [1.165, 1.54) is 37.8 Å². The summed E-state index contributed by atoms with van der Waals surface area (Å²) < 4.78 is 2.48. The van der Waals surface area contributed by atoms with Gasteiger partial charge in [-0.1, -0.05) is 98.3 Å².